The van der Waals surface area contributed by atoms with Crippen molar-refractivity contribution < 1.29 is 9.52 Å². The number of rotatable bonds is 4. The first-order chi connectivity index (χ1) is 8.67. The van der Waals surface area contributed by atoms with Crippen molar-refractivity contribution in [2.75, 3.05) is 0 Å². The van der Waals surface area contributed by atoms with Gasteiger partial charge in [0.2, 0.25) is 0 Å². The summed E-state index contributed by atoms with van der Waals surface area (Å²) in [5.74, 6) is 0.778. The van der Waals surface area contributed by atoms with Crippen LogP contribution < -0.4 is 0 Å². The zero-order valence-electron chi connectivity index (χ0n) is 11.2. The van der Waals surface area contributed by atoms with Crippen LogP contribution in [0.25, 0.3) is 0 Å². The molecule has 1 unspecified atom stereocenters. The molecule has 1 heterocycles. The molecule has 0 saturated carbocycles. The highest BCUT2D eigenvalue weighted by atomic mass is 16.3. The summed E-state index contributed by atoms with van der Waals surface area (Å²) in [5.41, 5.74) is 4.46. The summed E-state index contributed by atoms with van der Waals surface area (Å²) >= 11 is 0. The van der Waals surface area contributed by atoms with Crippen LogP contribution in [0.5, 0.6) is 0 Å². The quantitative estimate of drug-likeness (QED) is 0.887. The second kappa shape index (κ2) is 5.40. The van der Waals surface area contributed by atoms with E-state index in [4.69, 9.17) is 4.42 Å². The first-order valence-corrected chi connectivity index (χ1v) is 6.51. The number of furan rings is 1. The molecule has 1 atom stereocenters. The van der Waals surface area contributed by atoms with Crippen LogP contribution in [0.1, 0.15) is 48.0 Å². The van der Waals surface area contributed by atoms with Crippen molar-refractivity contribution >= 4 is 0 Å². The minimum absolute atomic E-state index is 0.597. The van der Waals surface area contributed by atoms with Crippen molar-refractivity contribution in [1.82, 2.24) is 0 Å². The lowest BCUT2D eigenvalue weighted by atomic mass is 9.95. The average Bonchev–Trinajstić information content (AvgIpc) is 2.83. The minimum Gasteiger partial charge on any atom is -0.469 e. The van der Waals surface area contributed by atoms with E-state index in [0.29, 0.717) is 0 Å². The zero-order chi connectivity index (χ0) is 13.1. The van der Waals surface area contributed by atoms with Crippen LogP contribution in [0.3, 0.4) is 0 Å². The van der Waals surface area contributed by atoms with Crippen molar-refractivity contribution in [3.05, 3.63) is 58.5 Å². The first kappa shape index (κ1) is 12.9. The SMILES string of the molecule is CCc1ccc(C(O)c2ccoc2C)cc1CC. The zero-order valence-corrected chi connectivity index (χ0v) is 11.2. The van der Waals surface area contributed by atoms with Crippen LogP contribution in [0.2, 0.25) is 0 Å². The predicted molar refractivity (Wildman–Crippen MR) is 72.7 cm³/mol. The number of benzene rings is 1. The Bertz CT molecular complexity index is 526. The molecule has 1 N–H and O–H groups in total. The van der Waals surface area contributed by atoms with Crippen molar-refractivity contribution in [2.45, 2.75) is 39.7 Å². The summed E-state index contributed by atoms with van der Waals surface area (Å²) in [6.45, 7) is 6.18. The van der Waals surface area contributed by atoms with Gasteiger partial charge in [0.1, 0.15) is 11.9 Å². The maximum absolute atomic E-state index is 10.4. The van der Waals surface area contributed by atoms with Crippen LogP contribution >= 0.6 is 0 Å². The smallest absolute Gasteiger partial charge is 0.107 e. The lowest BCUT2D eigenvalue weighted by Crippen LogP contribution is -2.02. The minimum atomic E-state index is -0.597. The normalized spacial score (nSPS) is 12.7. The third-order valence-electron chi connectivity index (χ3n) is 3.50. The largest absolute Gasteiger partial charge is 0.469 e. The molecule has 0 fully saturated rings. The number of hydrogen-bond acceptors (Lipinski definition) is 2. The van der Waals surface area contributed by atoms with Gasteiger partial charge in [0.15, 0.2) is 0 Å². The van der Waals surface area contributed by atoms with E-state index < -0.39 is 6.10 Å². The van der Waals surface area contributed by atoms with Gasteiger partial charge in [-0.15, -0.1) is 0 Å². The highest BCUT2D eigenvalue weighted by Crippen LogP contribution is 2.27. The lowest BCUT2D eigenvalue weighted by Gasteiger charge is -2.14. The lowest BCUT2D eigenvalue weighted by molar-refractivity contribution is 0.218. The third kappa shape index (κ3) is 2.34. The van der Waals surface area contributed by atoms with Gasteiger partial charge in [0.25, 0.3) is 0 Å². The Morgan fingerprint density at radius 1 is 1.11 bits per heavy atom. The van der Waals surface area contributed by atoms with E-state index in [1.807, 2.05) is 19.1 Å². The maximum atomic E-state index is 10.4. The van der Waals surface area contributed by atoms with Crippen molar-refractivity contribution in [3.63, 3.8) is 0 Å². The molecule has 18 heavy (non-hydrogen) atoms. The van der Waals surface area contributed by atoms with Crippen molar-refractivity contribution in [3.8, 4) is 0 Å². The van der Waals surface area contributed by atoms with Gasteiger partial charge < -0.3 is 9.52 Å². The molecule has 2 nitrogen and oxygen atoms in total. The van der Waals surface area contributed by atoms with E-state index in [1.54, 1.807) is 6.26 Å². The fourth-order valence-electron chi connectivity index (χ4n) is 2.35. The Hall–Kier alpha value is -1.54. The molecule has 0 amide bonds. The molecule has 1 aromatic heterocycles. The standard InChI is InChI=1S/C16H20O2/c1-4-12-6-7-14(10-13(12)5-2)16(17)15-8-9-18-11(15)3/h6-10,16-17H,4-5H2,1-3H3. The average molecular weight is 244 g/mol. The molecule has 2 heteroatoms. The van der Waals surface area contributed by atoms with E-state index in [9.17, 15) is 5.11 Å². The Balaban J connectivity index is 2.37. The van der Waals surface area contributed by atoms with E-state index >= 15 is 0 Å². The predicted octanol–water partition coefficient (Wildman–Crippen LogP) is 3.79. The molecule has 0 bridgehead atoms. The summed E-state index contributed by atoms with van der Waals surface area (Å²) in [7, 11) is 0. The Kier molecular flexibility index (Phi) is 3.87. The fraction of sp³-hybridized carbons (Fsp3) is 0.375. The highest BCUT2D eigenvalue weighted by molar-refractivity contribution is 5.37. The topological polar surface area (TPSA) is 33.4 Å². The number of aliphatic hydroxyl groups is 1. The molecule has 0 saturated heterocycles. The molecule has 2 rings (SSSR count). The van der Waals surface area contributed by atoms with Gasteiger partial charge in [0.05, 0.1) is 6.26 Å². The summed E-state index contributed by atoms with van der Waals surface area (Å²) in [5, 5.41) is 10.4. The molecule has 1 aromatic carbocycles. The summed E-state index contributed by atoms with van der Waals surface area (Å²) in [4.78, 5) is 0. The van der Waals surface area contributed by atoms with Crippen molar-refractivity contribution in [2.24, 2.45) is 0 Å². The molecule has 0 radical (unpaired) electrons. The summed E-state index contributed by atoms with van der Waals surface area (Å²) in [6, 6.07) is 8.07. The second-order valence-electron chi connectivity index (χ2n) is 4.57. The van der Waals surface area contributed by atoms with Crippen LogP contribution in [-0.2, 0) is 12.8 Å². The van der Waals surface area contributed by atoms with Gasteiger partial charge in [-0.25, -0.2) is 0 Å². The third-order valence-corrected chi connectivity index (χ3v) is 3.50. The monoisotopic (exact) mass is 244 g/mol. The van der Waals surface area contributed by atoms with Crippen LogP contribution in [-0.4, -0.2) is 5.11 Å². The second-order valence-corrected chi connectivity index (χ2v) is 4.57. The molecular weight excluding hydrogens is 224 g/mol. The Labute approximate surface area is 108 Å². The maximum Gasteiger partial charge on any atom is 0.107 e. The molecule has 0 aliphatic heterocycles. The van der Waals surface area contributed by atoms with Gasteiger partial charge in [-0.1, -0.05) is 32.0 Å². The highest BCUT2D eigenvalue weighted by Gasteiger charge is 2.15. The summed E-state index contributed by atoms with van der Waals surface area (Å²) < 4.78 is 5.25. The number of aryl methyl sites for hydroxylation is 3. The van der Waals surface area contributed by atoms with E-state index in [0.717, 1.165) is 29.7 Å². The van der Waals surface area contributed by atoms with Gasteiger partial charge in [0, 0.05) is 5.56 Å². The molecule has 2 aromatic rings. The van der Waals surface area contributed by atoms with E-state index in [-0.39, 0.29) is 0 Å². The van der Waals surface area contributed by atoms with Gasteiger partial charge in [-0.3, -0.25) is 0 Å². The molecule has 0 spiro atoms. The molecular formula is C16H20O2. The Morgan fingerprint density at radius 3 is 2.39 bits per heavy atom. The number of hydrogen-bond donors (Lipinski definition) is 1. The molecule has 0 aliphatic carbocycles. The molecule has 96 valence electrons. The van der Waals surface area contributed by atoms with E-state index in [2.05, 4.69) is 26.0 Å². The van der Waals surface area contributed by atoms with Crippen LogP contribution in [0.15, 0.2) is 34.9 Å². The van der Waals surface area contributed by atoms with Crippen molar-refractivity contribution in [1.29, 1.82) is 0 Å². The van der Waals surface area contributed by atoms with E-state index in [1.165, 1.54) is 11.1 Å². The fourth-order valence-corrected chi connectivity index (χ4v) is 2.35. The first-order valence-electron chi connectivity index (χ1n) is 6.51. The van der Waals surface area contributed by atoms with Gasteiger partial charge in [-0.2, -0.15) is 0 Å². The van der Waals surface area contributed by atoms with Crippen LogP contribution in [0.4, 0.5) is 0 Å². The number of aliphatic hydroxyl groups excluding tert-OH is 1. The molecule has 0 aliphatic rings. The van der Waals surface area contributed by atoms with Gasteiger partial charge in [-0.05, 0) is 42.5 Å². The van der Waals surface area contributed by atoms with Crippen LogP contribution in [0, 0.1) is 6.92 Å². The van der Waals surface area contributed by atoms with Gasteiger partial charge >= 0.3 is 0 Å². The Morgan fingerprint density at radius 2 is 1.83 bits per heavy atom. The summed E-state index contributed by atoms with van der Waals surface area (Å²) in [6.07, 6.45) is 3.05.